The van der Waals surface area contributed by atoms with Crippen molar-refractivity contribution in [1.82, 2.24) is 0 Å². The lowest BCUT2D eigenvalue weighted by Gasteiger charge is -2.11. The molecule has 3 aromatic carbocycles. The van der Waals surface area contributed by atoms with Crippen molar-refractivity contribution in [1.29, 1.82) is 0 Å². The summed E-state index contributed by atoms with van der Waals surface area (Å²) in [4.78, 5) is 27.3. The van der Waals surface area contributed by atoms with Gasteiger partial charge < -0.3 is 10.6 Å². The molecule has 0 aromatic heterocycles. The van der Waals surface area contributed by atoms with E-state index in [2.05, 4.69) is 20.7 Å². The van der Waals surface area contributed by atoms with Gasteiger partial charge in [-0.2, -0.15) is 0 Å². The zero-order valence-electron chi connectivity index (χ0n) is 14.2. The average Bonchev–Trinajstić information content (AvgIpc) is 2.71. The molecule has 0 aliphatic carbocycles. The Morgan fingerprint density at radius 3 is 1.89 bits per heavy atom. The summed E-state index contributed by atoms with van der Waals surface area (Å²) in [5.41, 5.74) is 10.8. The van der Waals surface area contributed by atoms with Crippen molar-refractivity contribution in [2.45, 2.75) is 0 Å². The van der Waals surface area contributed by atoms with Crippen LogP contribution in [0, 0.1) is 0 Å². The van der Waals surface area contributed by atoms with Gasteiger partial charge in [0.05, 0.1) is 11.4 Å². The van der Waals surface area contributed by atoms with Crippen LogP contribution in [0.4, 0.5) is 17.1 Å². The van der Waals surface area contributed by atoms with E-state index in [4.69, 9.17) is 5.53 Å². The molecule has 0 atom stereocenters. The van der Waals surface area contributed by atoms with Gasteiger partial charge >= 0.3 is 0 Å². The molecule has 0 saturated carbocycles. The topological polar surface area (TPSA) is 107 Å². The lowest BCUT2D eigenvalue weighted by atomic mass is 10.2. The van der Waals surface area contributed by atoms with Crippen molar-refractivity contribution in [3.8, 4) is 0 Å². The molecule has 0 unspecified atom stereocenters. The molecule has 2 amide bonds. The number of azide groups is 1. The fraction of sp³-hybridized carbons (Fsp3) is 0. The van der Waals surface area contributed by atoms with Crippen LogP contribution >= 0.6 is 0 Å². The molecule has 0 bridgehead atoms. The number of hydrogen-bond donors (Lipinski definition) is 2. The second-order valence-electron chi connectivity index (χ2n) is 5.56. The number of benzene rings is 3. The summed E-state index contributed by atoms with van der Waals surface area (Å²) < 4.78 is 0. The second-order valence-corrected chi connectivity index (χ2v) is 5.56. The highest BCUT2D eigenvalue weighted by molar-refractivity contribution is 6.07. The maximum Gasteiger partial charge on any atom is 0.255 e. The Morgan fingerprint density at radius 2 is 1.33 bits per heavy atom. The third-order valence-corrected chi connectivity index (χ3v) is 3.73. The van der Waals surface area contributed by atoms with Crippen LogP contribution in [0.2, 0.25) is 0 Å². The molecule has 3 rings (SSSR count). The second kappa shape index (κ2) is 8.33. The smallest absolute Gasteiger partial charge is 0.255 e. The van der Waals surface area contributed by atoms with Gasteiger partial charge in [0, 0.05) is 21.7 Å². The number of nitrogens with zero attached hydrogens (tertiary/aromatic N) is 3. The monoisotopic (exact) mass is 357 g/mol. The predicted octanol–water partition coefficient (Wildman–Crippen LogP) is 5.13. The van der Waals surface area contributed by atoms with Crippen molar-refractivity contribution in [3.63, 3.8) is 0 Å². The molecule has 7 nitrogen and oxygen atoms in total. The molecule has 0 aliphatic rings. The highest BCUT2D eigenvalue weighted by Crippen LogP contribution is 2.29. The SMILES string of the molecule is [N-]=[N+]=Nc1cc(NC(=O)c2ccccc2)ccc1NC(=O)c1ccccc1. The van der Waals surface area contributed by atoms with Crippen molar-refractivity contribution in [3.05, 3.63) is 100 Å². The van der Waals surface area contributed by atoms with Gasteiger partial charge in [-0.25, -0.2) is 0 Å². The Bertz CT molecular complexity index is 1010. The number of amides is 2. The van der Waals surface area contributed by atoms with E-state index in [-0.39, 0.29) is 17.5 Å². The van der Waals surface area contributed by atoms with E-state index in [1.165, 1.54) is 6.07 Å². The summed E-state index contributed by atoms with van der Waals surface area (Å²) in [7, 11) is 0. The van der Waals surface area contributed by atoms with E-state index >= 15 is 0 Å². The molecule has 3 aromatic rings. The van der Waals surface area contributed by atoms with Gasteiger partial charge in [-0.15, -0.1) is 0 Å². The molecular weight excluding hydrogens is 342 g/mol. The number of carbonyl (C=O) groups is 2. The molecule has 132 valence electrons. The summed E-state index contributed by atoms with van der Waals surface area (Å²) in [5, 5.41) is 9.05. The Hall–Kier alpha value is -4.09. The van der Waals surface area contributed by atoms with Crippen molar-refractivity contribution in [2.24, 2.45) is 5.11 Å². The lowest BCUT2D eigenvalue weighted by molar-refractivity contribution is 0.101. The van der Waals surface area contributed by atoms with Crippen molar-refractivity contribution >= 4 is 28.9 Å². The molecule has 27 heavy (non-hydrogen) atoms. The van der Waals surface area contributed by atoms with E-state index in [0.29, 0.717) is 22.5 Å². The van der Waals surface area contributed by atoms with Crippen LogP contribution in [0.25, 0.3) is 10.4 Å². The van der Waals surface area contributed by atoms with Gasteiger partial charge in [0.15, 0.2) is 0 Å². The third kappa shape index (κ3) is 4.50. The quantitative estimate of drug-likeness (QED) is 0.375. The number of hydrogen-bond acceptors (Lipinski definition) is 3. The first-order chi connectivity index (χ1) is 13.2. The number of nitrogens with one attached hydrogen (secondary N) is 2. The van der Waals surface area contributed by atoms with Crippen LogP contribution in [0.3, 0.4) is 0 Å². The summed E-state index contributed by atoms with van der Waals surface area (Å²) in [6.07, 6.45) is 0. The Balaban J connectivity index is 1.81. The Labute approximate surface area is 155 Å². The summed E-state index contributed by atoms with van der Waals surface area (Å²) in [6, 6.07) is 22.1. The Kier molecular flexibility index (Phi) is 5.47. The number of anilines is 2. The van der Waals surface area contributed by atoms with E-state index in [9.17, 15) is 9.59 Å². The molecule has 0 fully saturated rings. The van der Waals surface area contributed by atoms with E-state index in [1.807, 2.05) is 12.1 Å². The maximum atomic E-state index is 12.3. The number of carbonyl (C=O) groups excluding carboxylic acids is 2. The third-order valence-electron chi connectivity index (χ3n) is 3.73. The Morgan fingerprint density at radius 1 is 0.778 bits per heavy atom. The van der Waals surface area contributed by atoms with Crippen molar-refractivity contribution in [2.75, 3.05) is 10.6 Å². The molecule has 0 aliphatic heterocycles. The molecule has 0 saturated heterocycles. The van der Waals surface area contributed by atoms with Gasteiger partial charge in [0.25, 0.3) is 11.8 Å². The van der Waals surface area contributed by atoms with E-state index in [1.54, 1.807) is 60.7 Å². The zero-order chi connectivity index (χ0) is 19.1. The van der Waals surface area contributed by atoms with E-state index < -0.39 is 0 Å². The maximum absolute atomic E-state index is 12.3. The highest BCUT2D eigenvalue weighted by atomic mass is 16.2. The zero-order valence-corrected chi connectivity index (χ0v) is 14.2. The standard InChI is InChI=1S/C20H15N5O2/c21-25-24-18-13-16(22-19(26)14-7-3-1-4-8-14)11-12-17(18)23-20(27)15-9-5-2-6-10-15/h1-13H,(H,22,26)(H,23,27). The minimum atomic E-state index is -0.328. The summed E-state index contributed by atoms with van der Waals surface area (Å²) in [6.45, 7) is 0. The first kappa shape index (κ1) is 17.7. The van der Waals surface area contributed by atoms with Gasteiger partial charge in [-0.05, 0) is 48.0 Å². The molecule has 0 radical (unpaired) electrons. The van der Waals surface area contributed by atoms with Gasteiger partial charge in [0.1, 0.15) is 0 Å². The van der Waals surface area contributed by atoms with E-state index in [0.717, 1.165) is 0 Å². The van der Waals surface area contributed by atoms with Gasteiger partial charge in [0.2, 0.25) is 0 Å². The summed E-state index contributed by atoms with van der Waals surface area (Å²) >= 11 is 0. The largest absolute Gasteiger partial charge is 0.322 e. The lowest BCUT2D eigenvalue weighted by Crippen LogP contribution is -2.13. The fourth-order valence-corrected chi connectivity index (χ4v) is 2.42. The molecular formula is C20H15N5O2. The summed E-state index contributed by atoms with van der Waals surface area (Å²) in [5.74, 6) is -0.616. The molecule has 0 spiro atoms. The van der Waals surface area contributed by atoms with Gasteiger partial charge in [-0.1, -0.05) is 41.5 Å². The normalized spacial score (nSPS) is 9.78. The minimum Gasteiger partial charge on any atom is -0.322 e. The van der Waals surface area contributed by atoms with Crippen LogP contribution < -0.4 is 10.6 Å². The van der Waals surface area contributed by atoms with Crippen LogP contribution in [0.1, 0.15) is 20.7 Å². The van der Waals surface area contributed by atoms with Crippen LogP contribution in [0.5, 0.6) is 0 Å². The minimum absolute atomic E-state index is 0.202. The fourth-order valence-electron chi connectivity index (χ4n) is 2.42. The van der Waals surface area contributed by atoms with Crippen molar-refractivity contribution < 1.29 is 9.59 Å². The first-order valence-electron chi connectivity index (χ1n) is 8.09. The van der Waals surface area contributed by atoms with Crippen LogP contribution in [0.15, 0.2) is 84.0 Å². The predicted molar refractivity (Wildman–Crippen MR) is 104 cm³/mol. The highest BCUT2D eigenvalue weighted by Gasteiger charge is 2.11. The average molecular weight is 357 g/mol. The van der Waals surface area contributed by atoms with Crippen LogP contribution in [-0.4, -0.2) is 11.8 Å². The molecule has 2 N–H and O–H groups in total. The van der Waals surface area contributed by atoms with Crippen LogP contribution in [-0.2, 0) is 0 Å². The number of rotatable bonds is 5. The van der Waals surface area contributed by atoms with Gasteiger partial charge in [-0.3, -0.25) is 9.59 Å². The first-order valence-corrected chi connectivity index (χ1v) is 8.09. The molecule has 0 heterocycles. The molecule has 7 heteroatoms.